The average Bonchev–Trinajstić information content (AvgIpc) is 3.21. The summed E-state index contributed by atoms with van der Waals surface area (Å²) < 4.78 is 29.9. The van der Waals surface area contributed by atoms with E-state index in [0.717, 1.165) is 55.5 Å². The molecule has 0 aliphatic carbocycles. The highest BCUT2D eigenvalue weighted by molar-refractivity contribution is 7.91. The zero-order chi connectivity index (χ0) is 16.7. The summed E-state index contributed by atoms with van der Waals surface area (Å²) in [6.07, 6.45) is 1.54. The van der Waals surface area contributed by atoms with Crippen LogP contribution in [0.15, 0.2) is 16.3 Å². The third kappa shape index (κ3) is 2.88. The van der Waals surface area contributed by atoms with Crippen molar-refractivity contribution in [2.75, 3.05) is 19.6 Å². The Bertz CT molecular complexity index is 839. The number of piperidine rings is 1. The minimum atomic E-state index is -3.44. The van der Waals surface area contributed by atoms with Crippen LogP contribution in [0.5, 0.6) is 0 Å². The molecule has 0 spiro atoms. The molecule has 4 rings (SSSR count). The Kier molecular flexibility index (Phi) is 4.38. The highest BCUT2D eigenvalue weighted by atomic mass is 35.5. The third-order valence-corrected chi connectivity index (χ3v) is 8.21. The van der Waals surface area contributed by atoms with Crippen molar-refractivity contribution in [3.05, 3.63) is 28.1 Å². The molecular formula is C14H18ClN5O2S2. The zero-order valence-electron chi connectivity index (χ0n) is 13.0. The van der Waals surface area contributed by atoms with E-state index in [1.54, 1.807) is 16.4 Å². The van der Waals surface area contributed by atoms with Crippen LogP contribution in [0.4, 0.5) is 0 Å². The maximum Gasteiger partial charge on any atom is 0.252 e. The highest BCUT2D eigenvalue weighted by Crippen LogP contribution is 2.33. The van der Waals surface area contributed by atoms with Crippen LogP contribution in [0.1, 0.15) is 30.4 Å². The van der Waals surface area contributed by atoms with Crippen LogP contribution in [0.3, 0.4) is 0 Å². The molecule has 2 aromatic rings. The van der Waals surface area contributed by atoms with E-state index < -0.39 is 10.0 Å². The summed E-state index contributed by atoms with van der Waals surface area (Å²) in [5.41, 5.74) is 0. The number of aromatic nitrogens is 3. The number of rotatable bonds is 3. The molecule has 0 radical (unpaired) electrons. The van der Waals surface area contributed by atoms with Gasteiger partial charge in [-0.05, 0) is 25.0 Å². The van der Waals surface area contributed by atoms with Crippen molar-refractivity contribution in [1.82, 2.24) is 24.4 Å². The SMILES string of the molecule is O=S(=O)(c1ccc(Cl)s1)N1CCC(c2nnc3n2CCNC3)CC1. The zero-order valence-corrected chi connectivity index (χ0v) is 15.4. The van der Waals surface area contributed by atoms with Crippen molar-refractivity contribution in [3.63, 3.8) is 0 Å². The topological polar surface area (TPSA) is 80.1 Å². The molecule has 130 valence electrons. The number of sulfonamides is 1. The van der Waals surface area contributed by atoms with Crippen LogP contribution in [-0.2, 0) is 23.1 Å². The number of nitrogens with one attached hydrogen (secondary N) is 1. The van der Waals surface area contributed by atoms with E-state index in [1.807, 2.05) is 0 Å². The maximum atomic E-state index is 12.7. The van der Waals surface area contributed by atoms with E-state index in [1.165, 1.54) is 0 Å². The number of hydrogen-bond donors (Lipinski definition) is 1. The van der Waals surface area contributed by atoms with Gasteiger partial charge >= 0.3 is 0 Å². The van der Waals surface area contributed by atoms with Crippen molar-refractivity contribution in [3.8, 4) is 0 Å². The lowest BCUT2D eigenvalue weighted by Gasteiger charge is -2.31. The minimum Gasteiger partial charge on any atom is -0.312 e. The standard InChI is InChI=1S/C14H18ClN5O2S2/c15-11-1-2-13(23-11)24(21,22)19-6-3-10(4-7-19)14-18-17-12-9-16-5-8-20(12)14/h1-2,10,16H,3-9H2. The monoisotopic (exact) mass is 387 g/mol. The molecule has 24 heavy (non-hydrogen) atoms. The number of thiophene rings is 1. The van der Waals surface area contributed by atoms with E-state index in [4.69, 9.17) is 11.6 Å². The van der Waals surface area contributed by atoms with Gasteiger partial charge in [0.05, 0.1) is 10.9 Å². The molecule has 2 aliphatic heterocycles. The molecule has 2 aliphatic rings. The maximum absolute atomic E-state index is 12.7. The van der Waals surface area contributed by atoms with Gasteiger partial charge in [0.1, 0.15) is 15.9 Å². The fourth-order valence-corrected chi connectivity index (χ4v) is 6.44. The lowest BCUT2D eigenvalue weighted by molar-refractivity contribution is 0.307. The molecule has 7 nitrogen and oxygen atoms in total. The fraction of sp³-hybridized carbons (Fsp3) is 0.571. The molecule has 2 aromatic heterocycles. The Labute approximate surface area is 149 Å². The van der Waals surface area contributed by atoms with E-state index in [9.17, 15) is 8.42 Å². The van der Waals surface area contributed by atoms with Gasteiger partial charge in [0.25, 0.3) is 10.0 Å². The van der Waals surface area contributed by atoms with Gasteiger partial charge in [0.15, 0.2) is 0 Å². The second-order valence-corrected chi connectivity index (χ2v) is 9.92. The molecule has 0 saturated carbocycles. The molecular weight excluding hydrogens is 370 g/mol. The van der Waals surface area contributed by atoms with Gasteiger partial charge < -0.3 is 9.88 Å². The van der Waals surface area contributed by atoms with Crippen LogP contribution in [-0.4, -0.2) is 47.1 Å². The molecule has 0 bridgehead atoms. The van der Waals surface area contributed by atoms with Crippen molar-refractivity contribution in [2.45, 2.75) is 36.1 Å². The van der Waals surface area contributed by atoms with Crippen molar-refractivity contribution in [1.29, 1.82) is 0 Å². The first-order valence-corrected chi connectivity index (χ1v) is 10.6. The fourth-order valence-electron chi connectivity index (χ4n) is 3.33. The summed E-state index contributed by atoms with van der Waals surface area (Å²) >= 11 is 6.98. The molecule has 4 heterocycles. The highest BCUT2D eigenvalue weighted by Gasteiger charge is 2.33. The van der Waals surface area contributed by atoms with Gasteiger partial charge in [-0.25, -0.2) is 8.42 Å². The number of hydrogen-bond acceptors (Lipinski definition) is 6. The first-order chi connectivity index (χ1) is 11.6. The Balaban J connectivity index is 1.48. The van der Waals surface area contributed by atoms with E-state index >= 15 is 0 Å². The van der Waals surface area contributed by atoms with E-state index in [-0.39, 0.29) is 5.92 Å². The molecule has 1 fully saturated rings. The molecule has 0 atom stereocenters. The normalized spacial score (nSPS) is 20.2. The second kappa shape index (κ2) is 6.38. The number of fused-ring (bicyclic) bond motifs is 1. The van der Waals surface area contributed by atoms with Gasteiger partial charge in [-0.3, -0.25) is 0 Å². The Morgan fingerprint density at radius 1 is 1.21 bits per heavy atom. The second-order valence-electron chi connectivity index (χ2n) is 6.04. The van der Waals surface area contributed by atoms with Gasteiger partial charge in [0.2, 0.25) is 0 Å². The third-order valence-electron chi connectivity index (χ3n) is 4.61. The smallest absolute Gasteiger partial charge is 0.252 e. The van der Waals surface area contributed by atoms with E-state index in [0.29, 0.717) is 21.6 Å². The predicted molar refractivity (Wildman–Crippen MR) is 91.8 cm³/mol. The summed E-state index contributed by atoms with van der Waals surface area (Å²) in [5, 5.41) is 11.9. The summed E-state index contributed by atoms with van der Waals surface area (Å²) in [6, 6.07) is 3.21. The summed E-state index contributed by atoms with van der Waals surface area (Å²) in [6.45, 7) is 3.56. The van der Waals surface area contributed by atoms with Gasteiger partial charge in [-0.1, -0.05) is 11.6 Å². The Hall–Kier alpha value is -1.00. The first kappa shape index (κ1) is 16.5. The largest absolute Gasteiger partial charge is 0.312 e. The predicted octanol–water partition coefficient (Wildman–Crippen LogP) is 1.66. The molecule has 10 heteroatoms. The van der Waals surface area contributed by atoms with Crippen LogP contribution in [0.25, 0.3) is 0 Å². The lowest BCUT2D eigenvalue weighted by Crippen LogP contribution is -2.38. The van der Waals surface area contributed by atoms with E-state index in [2.05, 4.69) is 20.1 Å². The molecule has 1 saturated heterocycles. The van der Waals surface area contributed by atoms with Crippen molar-refractivity contribution >= 4 is 33.0 Å². The van der Waals surface area contributed by atoms with Crippen molar-refractivity contribution < 1.29 is 8.42 Å². The van der Waals surface area contributed by atoms with Crippen LogP contribution >= 0.6 is 22.9 Å². The Morgan fingerprint density at radius 2 is 2.00 bits per heavy atom. The number of nitrogens with zero attached hydrogens (tertiary/aromatic N) is 4. The Morgan fingerprint density at radius 3 is 2.71 bits per heavy atom. The minimum absolute atomic E-state index is 0.266. The average molecular weight is 388 g/mol. The quantitative estimate of drug-likeness (QED) is 0.866. The van der Waals surface area contributed by atoms with Crippen LogP contribution < -0.4 is 5.32 Å². The summed E-state index contributed by atoms with van der Waals surface area (Å²) in [5.74, 6) is 2.24. The first-order valence-electron chi connectivity index (χ1n) is 7.94. The van der Waals surface area contributed by atoms with Gasteiger partial charge in [-0.15, -0.1) is 21.5 Å². The molecule has 0 amide bonds. The van der Waals surface area contributed by atoms with Gasteiger partial charge in [0, 0.05) is 32.1 Å². The molecule has 1 N–H and O–H groups in total. The molecule has 0 unspecified atom stereocenters. The summed E-state index contributed by atoms with van der Waals surface area (Å²) in [7, 11) is -3.44. The van der Waals surface area contributed by atoms with Crippen LogP contribution in [0.2, 0.25) is 4.34 Å². The lowest BCUT2D eigenvalue weighted by atomic mass is 9.97. The number of halogens is 1. The summed E-state index contributed by atoms with van der Waals surface area (Å²) in [4.78, 5) is 0. The van der Waals surface area contributed by atoms with Gasteiger partial charge in [-0.2, -0.15) is 4.31 Å². The van der Waals surface area contributed by atoms with Crippen LogP contribution in [0, 0.1) is 0 Å². The van der Waals surface area contributed by atoms with Crippen molar-refractivity contribution in [2.24, 2.45) is 0 Å². The molecule has 0 aromatic carbocycles.